The van der Waals surface area contributed by atoms with Gasteiger partial charge in [0, 0.05) is 11.2 Å². The van der Waals surface area contributed by atoms with Crippen LogP contribution in [0.15, 0.2) is 82.2 Å². The number of carbonyl (C=O) groups excluding carboxylic acids is 1. The fraction of sp³-hybridized carbons (Fsp3) is 0.242. The van der Waals surface area contributed by atoms with Gasteiger partial charge in [-0.05, 0) is 73.0 Å². The van der Waals surface area contributed by atoms with Gasteiger partial charge in [-0.15, -0.1) is 0 Å². The molecule has 0 radical (unpaired) electrons. The molecule has 44 heavy (non-hydrogen) atoms. The molecule has 0 bridgehead atoms. The van der Waals surface area contributed by atoms with Crippen molar-refractivity contribution in [2.75, 3.05) is 27.4 Å². The molecule has 2 heterocycles. The molecule has 3 aromatic carbocycles. The van der Waals surface area contributed by atoms with E-state index in [2.05, 4.69) is 4.99 Å². The second kappa shape index (κ2) is 13.8. The fourth-order valence-electron chi connectivity index (χ4n) is 4.77. The fourth-order valence-corrected chi connectivity index (χ4v) is 5.87. The van der Waals surface area contributed by atoms with Crippen molar-refractivity contribution in [3.8, 4) is 23.0 Å². The zero-order valence-corrected chi connectivity index (χ0v) is 26.2. The van der Waals surface area contributed by atoms with Crippen LogP contribution in [-0.2, 0) is 16.1 Å². The Hall–Kier alpha value is -4.54. The predicted molar refractivity (Wildman–Crippen MR) is 169 cm³/mol. The van der Waals surface area contributed by atoms with Crippen LogP contribution in [0.25, 0.3) is 6.08 Å². The van der Waals surface area contributed by atoms with Gasteiger partial charge in [-0.25, -0.2) is 9.79 Å². The molecule has 11 heteroatoms. The highest BCUT2D eigenvalue weighted by Gasteiger charge is 2.31. The summed E-state index contributed by atoms with van der Waals surface area (Å²) in [6.45, 7) is 4.98. The standard InChI is InChI=1S/C33H31ClN2O7S/c1-5-41-26-14-10-22(17-28(26)42-6-2)30-24(32(38)40-4)18-35-33-36(30)31(37)29(44-33)16-21-9-13-25(27(15-21)39-3)43-19-20-7-11-23(34)12-8-20/h7-18,30H,5-6,19H2,1-4H3/b29-16-/t30-/m0/s1. The first-order chi connectivity index (χ1) is 21.4. The highest BCUT2D eigenvalue weighted by Crippen LogP contribution is 2.35. The number of carbonyl (C=O) groups is 1. The van der Waals surface area contributed by atoms with E-state index in [4.69, 9.17) is 35.3 Å². The average molecular weight is 635 g/mol. The molecule has 0 amide bonds. The number of rotatable bonds is 11. The third-order valence-electron chi connectivity index (χ3n) is 6.80. The minimum absolute atomic E-state index is 0.224. The molecule has 0 fully saturated rings. The Morgan fingerprint density at radius 3 is 2.34 bits per heavy atom. The first-order valence-corrected chi connectivity index (χ1v) is 15.1. The third kappa shape index (κ3) is 6.51. The summed E-state index contributed by atoms with van der Waals surface area (Å²) in [5.41, 5.74) is 2.27. The molecule has 1 aliphatic rings. The van der Waals surface area contributed by atoms with Gasteiger partial charge in [0.05, 0.1) is 43.6 Å². The van der Waals surface area contributed by atoms with Gasteiger partial charge in [-0.1, -0.05) is 47.2 Å². The molecular formula is C33H31ClN2O7S. The topological polar surface area (TPSA) is 97.6 Å². The first-order valence-electron chi connectivity index (χ1n) is 13.9. The summed E-state index contributed by atoms with van der Waals surface area (Å²) in [5, 5.41) is 0.656. The Bertz CT molecular complexity index is 1880. The molecule has 4 aromatic rings. The van der Waals surface area contributed by atoms with Crippen LogP contribution in [-0.4, -0.2) is 38.0 Å². The van der Waals surface area contributed by atoms with Gasteiger partial charge in [0.25, 0.3) is 5.56 Å². The van der Waals surface area contributed by atoms with Gasteiger partial charge in [0.2, 0.25) is 0 Å². The number of ether oxygens (including phenoxy) is 5. The lowest BCUT2D eigenvalue weighted by atomic mass is 9.97. The Morgan fingerprint density at radius 1 is 0.932 bits per heavy atom. The Balaban J connectivity index is 1.53. The largest absolute Gasteiger partial charge is 0.493 e. The van der Waals surface area contributed by atoms with Crippen LogP contribution in [0.4, 0.5) is 0 Å². The van der Waals surface area contributed by atoms with Crippen molar-refractivity contribution in [3.63, 3.8) is 0 Å². The van der Waals surface area contributed by atoms with Gasteiger partial charge in [-0.2, -0.15) is 0 Å². The lowest BCUT2D eigenvalue weighted by Gasteiger charge is -2.23. The number of fused-ring (bicyclic) bond motifs is 1. The molecule has 0 saturated heterocycles. The molecule has 5 rings (SSSR count). The lowest BCUT2D eigenvalue weighted by Crippen LogP contribution is -2.39. The van der Waals surface area contributed by atoms with Crippen molar-refractivity contribution in [3.05, 3.63) is 114 Å². The van der Waals surface area contributed by atoms with Crippen LogP contribution in [0.1, 0.15) is 36.6 Å². The van der Waals surface area contributed by atoms with Crippen LogP contribution < -0.4 is 33.8 Å². The zero-order chi connectivity index (χ0) is 31.2. The van der Waals surface area contributed by atoms with E-state index in [1.165, 1.54) is 29.2 Å². The van der Waals surface area contributed by atoms with Gasteiger partial charge in [0.1, 0.15) is 6.61 Å². The van der Waals surface area contributed by atoms with E-state index >= 15 is 0 Å². The number of esters is 1. The number of halogens is 1. The van der Waals surface area contributed by atoms with Crippen LogP contribution in [0.3, 0.4) is 0 Å². The predicted octanol–water partition coefficient (Wildman–Crippen LogP) is 5.06. The van der Waals surface area contributed by atoms with Crippen molar-refractivity contribution in [1.29, 1.82) is 0 Å². The average Bonchev–Trinajstić information content (AvgIpc) is 3.35. The molecule has 0 N–H and O–H groups in total. The maximum absolute atomic E-state index is 13.9. The van der Waals surface area contributed by atoms with Gasteiger partial charge in [0.15, 0.2) is 27.8 Å². The van der Waals surface area contributed by atoms with Crippen LogP contribution >= 0.6 is 22.9 Å². The highest BCUT2D eigenvalue weighted by molar-refractivity contribution is 7.07. The van der Waals surface area contributed by atoms with Crippen LogP contribution in [0.5, 0.6) is 23.0 Å². The Kier molecular flexibility index (Phi) is 9.72. The highest BCUT2D eigenvalue weighted by atomic mass is 35.5. The van der Waals surface area contributed by atoms with E-state index in [0.29, 0.717) is 62.7 Å². The van der Waals surface area contributed by atoms with Crippen molar-refractivity contribution in [2.24, 2.45) is 4.99 Å². The van der Waals surface area contributed by atoms with E-state index in [1.54, 1.807) is 37.5 Å². The van der Waals surface area contributed by atoms with E-state index in [9.17, 15) is 9.59 Å². The second-order valence-electron chi connectivity index (χ2n) is 9.57. The number of aromatic nitrogens is 1. The molecule has 1 aromatic heterocycles. The molecule has 0 saturated carbocycles. The summed E-state index contributed by atoms with van der Waals surface area (Å²) < 4.78 is 30.1. The normalized spacial score (nSPS) is 14.2. The molecule has 228 valence electrons. The van der Waals surface area contributed by atoms with E-state index in [1.807, 2.05) is 50.2 Å². The summed E-state index contributed by atoms with van der Waals surface area (Å²) >= 11 is 7.20. The van der Waals surface area contributed by atoms with Crippen molar-refractivity contribution < 1.29 is 28.5 Å². The molecule has 1 aliphatic heterocycles. The van der Waals surface area contributed by atoms with E-state index < -0.39 is 12.0 Å². The first kappa shape index (κ1) is 30.9. The van der Waals surface area contributed by atoms with Crippen molar-refractivity contribution >= 4 is 35.0 Å². The summed E-state index contributed by atoms with van der Waals surface area (Å²) in [6, 6.07) is 17.4. The quantitative estimate of drug-likeness (QED) is 0.213. The zero-order valence-electron chi connectivity index (χ0n) is 24.7. The summed E-state index contributed by atoms with van der Waals surface area (Å²) in [7, 11) is 2.86. The van der Waals surface area contributed by atoms with Gasteiger partial charge >= 0.3 is 5.97 Å². The number of benzene rings is 3. The molecule has 0 spiro atoms. The minimum Gasteiger partial charge on any atom is -0.493 e. The van der Waals surface area contributed by atoms with Gasteiger partial charge < -0.3 is 23.7 Å². The maximum Gasteiger partial charge on any atom is 0.337 e. The molecule has 9 nitrogen and oxygen atoms in total. The minimum atomic E-state index is -0.783. The third-order valence-corrected chi connectivity index (χ3v) is 8.05. The number of thiazole rings is 1. The Morgan fingerprint density at radius 2 is 1.64 bits per heavy atom. The van der Waals surface area contributed by atoms with Crippen LogP contribution in [0.2, 0.25) is 5.02 Å². The second-order valence-corrected chi connectivity index (χ2v) is 11.0. The molecule has 0 aliphatic carbocycles. The number of methoxy groups -OCH3 is 2. The van der Waals surface area contributed by atoms with Crippen molar-refractivity contribution in [1.82, 2.24) is 4.57 Å². The maximum atomic E-state index is 13.9. The summed E-state index contributed by atoms with van der Waals surface area (Å²) in [6.07, 6.45) is 3.22. The summed E-state index contributed by atoms with van der Waals surface area (Å²) in [4.78, 5) is 31.7. The van der Waals surface area contributed by atoms with Gasteiger partial charge in [-0.3, -0.25) is 9.36 Å². The van der Waals surface area contributed by atoms with Crippen LogP contribution in [0, 0.1) is 0 Å². The van der Waals surface area contributed by atoms with Crippen molar-refractivity contribution in [2.45, 2.75) is 26.5 Å². The number of hydrogen-bond donors (Lipinski definition) is 0. The molecule has 1 atom stereocenters. The number of nitrogens with zero attached hydrogens (tertiary/aromatic N) is 2. The SMILES string of the molecule is CCOc1ccc([C@H]2C(C(=O)OC)=CN=c3s/c(=C\c4ccc(OCc5ccc(Cl)cc5)c(OC)c4)c(=O)n32)cc1OCC. The molecular weight excluding hydrogens is 604 g/mol. The lowest BCUT2D eigenvalue weighted by molar-refractivity contribution is -0.136. The van der Waals surface area contributed by atoms with E-state index in [0.717, 1.165) is 11.1 Å². The van der Waals surface area contributed by atoms with E-state index in [-0.39, 0.29) is 11.1 Å². The molecule has 0 unspecified atom stereocenters. The summed E-state index contributed by atoms with van der Waals surface area (Å²) in [5.74, 6) is 1.58. The Labute approximate surface area is 263 Å². The smallest absolute Gasteiger partial charge is 0.337 e. The number of hydrogen-bond acceptors (Lipinski definition) is 9. The monoisotopic (exact) mass is 634 g/mol.